The van der Waals surface area contributed by atoms with Crippen molar-refractivity contribution in [3.8, 4) is 6.07 Å². The summed E-state index contributed by atoms with van der Waals surface area (Å²) in [5.41, 5.74) is 2.06. The van der Waals surface area contributed by atoms with E-state index in [1.807, 2.05) is 38.2 Å². The highest BCUT2D eigenvalue weighted by Crippen LogP contribution is 2.23. The minimum Gasteiger partial charge on any atom is -0.388 e. The van der Waals surface area contributed by atoms with E-state index in [9.17, 15) is 4.79 Å². The third kappa shape index (κ3) is 3.11. The Hall–Kier alpha value is -2.61. The standard InChI is InChI=1S/C16H18N4O/c1-3-20(10-6-9-17)16(21)15-11-14(18-2)12-7-4-5-8-13(12)19-15/h4-5,7-8,11H,3,6,10H2,1-2H3,(H,18,19). The minimum atomic E-state index is -0.144. The molecule has 0 aliphatic carbocycles. The molecule has 0 saturated carbocycles. The van der Waals surface area contributed by atoms with E-state index in [1.54, 1.807) is 11.0 Å². The van der Waals surface area contributed by atoms with Gasteiger partial charge in [0.1, 0.15) is 5.69 Å². The molecule has 0 atom stereocenters. The van der Waals surface area contributed by atoms with Crippen LogP contribution in [-0.2, 0) is 0 Å². The molecular weight excluding hydrogens is 264 g/mol. The monoisotopic (exact) mass is 282 g/mol. The predicted molar refractivity (Wildman–Crippen MR) is 83.1 cm³/mol. The summed E-state index contributed by atoms with van der Waals surface area (Å²) >= 11 is 0. The Balaban J connectivity index is 2.41. The lowest BCUT2D eigenvalue weighted by Crippen LogP contribution is -2.32. The van der Waals surface area contributed by atoms with Gasteiger partial charge in [0.15, 0.2) is 0 Å². The Morgan fingerprint density at radius 3 is 2.86 bits per heavy atom. The second-order valence-electron chi connectivity index (χ2n) is 4.62. The topological polar surface area (TPSA) is 69.0 Å². The van der Waals surface area contributed by atoms with Gasteiger partial charge in [-0.25, -0.2) is 4.98 Å². The lowest BCUT2D eigenvalue weighted by atomic mass is 10.1. The highest BCUT2D eigenvalue weighted by Gasteiger charge is 2.17. The largest absolute Gasteiger partial charge is 0.388 e. The van der Waals surface area contributed by atoms with E-state index in [2.05, 4.69) is 16.4 Å². The summed E-state index contributed by atoms with van der Waals surface area (Å²) in [5.74, 6) is -0.144. The smallest absolute Gasteiger partial charge is 0.272 e. The van der Waals surface area contributed by atoms with Crippen molar-refractivity contribution < 1.29 is 4.79 Å². The molecular formula is C16H18N4O. The van der Waals surface area contributed by atoms with E-state index in [4.69, 9.17) is 5.26 Å². The van der Waals surface area contributed by atoms with Gasteiger partial charge in [0.2, 0.25) is 0 Å². The molecule has 0 aliphatic heterocycles. The maximum absolute atomic E-state index is 12.5. The number of fused-ring (bicyclic) bond motifs is 1. The Labute approximate surface area is 124 Å². The zero-order chi connectivity index (χ0) is 15.2. The van der Waals surface area contributed by atoms with Crippen molar-refractivity contribution in [3.63, 3.8) is 0 Å². The molecule has 1 aromatic carbocycles. The van der Waals surface area contributed by atoms with Crippen LogP contribution in [0.5, 0.6) is 0 Å². The lowest BCUT2D eigenvalue weighted by Gasteiger charge is -2.19. The summed E-state index contributed by atoms with van der Waals surface area (Å²) < 4.78 is 0. The van der Waals surface area contributed by atoms with Gasteiger partial charge in [-0.1, -0.05) is 18.2 Å². The van der Waals surface area contributed by atoms with Gasteiger partial charge < -0.3 is 10.2 Å². The molecule has 1 aromatic heterocycles. The van der Waals surface area contributed by atoms with Gasteiger partial charge in [-0.05, 0) is 19.1 Å². The van der Waals surface area contributed by atoms with Crippen LogP contribution in [0.1, 0.15) is 23.8 Å². The SMILES string of the molecule is CCN(CCC#N)C(=O)c1cc(NC)c2ccccc2n1. The zero-order valence-electron chi connectivity index (χ0n) is 12.3. The number of nitriles is 1. The minimum absolute atomic E-state index is 0.144. The highest BCUT2D eigenvalue weighted by molar-refractivity contribution is 5.99. The molecule has 0 aliphatic rings. The van der Waals surface area contributed by atoms with Crippen molar-refractivity contribution in [2.45, 2.75) is 13.3 Å². The highest BCUT2D eigenvalue weighted by atomic mass is 16.2. The fourth-order valence-corrected chi connectivity index (χ4v) is 2.24. The van der Waals surface area contributed by atoms with Gasteiger partial charge in [0, 0.05) is 31.2 Å². The zero-order valence-corrected chi connectivity index (χ0v) is 12.3. The van der Waals surface area contributed by atoms with Gasteiger partial charge in [-0.15, -0.1) is 0 Å². The maximum atomic E-state index is 12.5. The average Bonchev–Trinajstić information content (AvgIpc) is 2.54. The quantitative estimate of drug-likeness (QED) is 0.915. The van der Waals surface area contributed by atoms with Crippen molar-refractivity contribution in [2.75, 3.05) is 25.5 Å². The van der Waals surface area contributed by atoms with Crippen LogP contribution in [0.25, 0.3) is 10.9 Å². The van der Waals surface area contributed by atoms with Gasteiger partial charge in [0.25, 0.3) is 5.91 Å². The average molecular weight is 282 g/mol. The fourth-order valence-electron chi connectivity index (χ4n) is 2.24. The van der Waals surface area contributed by atoms with Crippen LogP contribution in [0, 0.1) is 11.3 Å². The van der Waals surface area contributed by atoms with Crippen LogP contribution in [0.15, 0.2) is 30.3 Å². The molecule has 5 nitrogen and oxygen atoms in total. The van der Waals surface area contributed by atoms with Crippen LogP contribution in [0.2, 0.25) is 0 Å². The number of nitrogens with one attached hydrogen (secondary N) is 1. The third-order valence-electron chi connectivity index (χ3n) is 3.37. The Bertz CT molecular complexity index is 690. The van der Waals surface area contributed by atoms with Gasteiger partial charge in [-0.2, -0.15) is 5.26 Å². The van der Waals surface area contributed by atoms with Crippen molar-refractivity contribution in [2.24, 2.45) is 0 Å². The molecule has 5 heteroatoms. The molecule has 2 aromatic rings. The lowest BCUT2D eigenvalue weighted by molar-refractivity contribution is 0.0762. The molecule has 2 rings (SSSR count). The summed E-state index contributed by atoms with van der Waals surface area (Å²) in [6, 6.07) is 11.5. The fraction of sp³-hybridized carbons (Fsp3) is 0.312. The maximum Gasteiger partial charge on any atom is 0.272 e. The van der Waals surface area contributed by atoms with Crippen LogP contribution in [0.3, 0.4) is 0 Å². The number of hydrogen-bond donors (Lipinski definition) is 1. The van der Waals surface area contributed by atoms with E-state index in [-0.39, 0.29) is 5.91 Å². The first-order valence-electron chi connectivity index (χ1n) is 6.95. The van der Waals surface area contributed by atoms with Crippen LogP contribution >= 0.6 is 0 Å². The molecule has 0 bridgehead atoms. The van der Waals surface area contributed by atoms with Gasteiger partial charge in [0.05, 0.1) is 18.0 Å². The number of nitrogens with zero attached hydrogens (tertiary/aromatic N) is 3. The normalized spacial score (nSPS) is 10.1. The Kier molecular flexibility index (Phi) is 4.72. The van der Waals surface area contributed by atoms with E-state index < -0.39 is 0 Å². The molecule has 0 fully saturated rings. The molecule has 0 radical (unpaired) electrons. The number of rotatable bonds is 5. The van der Waals surface area contributed by atoms with Crippen LogP contribution in [-0.4, -0.2) is 35.9 Å². The molecule has 1 heterocycles. The molecule has 0 unspecified atom stereocenters. The van der Waals surface area contributed by atoms with E-state index in [0.29, 0.717) is 25.2 Å². The van der Waals surface area contributed by atoms with Crippen LogP contribution in [0.4, 0.5) is 5.69 Å². The first-order chi connectivity index (χ1) is 10.2. The second-order valence-corrected chi connectivity index (χ2v) is 4.62. The molecule has 1 N–H and O–H groups in total. The number of carbonyl (C=O) groups excluding carboxylic acids is 1. The number of carbonyl (C=O) groups is 1. The Morgan fingerprint density at radius 1 is 1.43 bits per heavy atom. The van der Waals surface area contributed by atoms with E-state index in [0.717, 1.165) is 16.6 Å². The van der Waals surface area contributed by atoms with Crippen molar-refractivity contribution >= 4 is 22.5 Å². The summed E-state index contributed by atoms with van der Waals surface area (Å²) in [5, 5.41) is 12.8. The van der Waals surface area contributed by atoms with Crippen molar-refractivity contribution in [1.82, 2.24) is 9.88 Å². The Morgan fingerprint density at radius 2 is 2.19 bits per heavy atom. The van der Waals surface area contributed by atoms with E-state index in [1.165, 1.54) is 0 Å². The number of anilines is 1. The van der Waals surface area contributed by atoms with E-state index >= 15 is 0 Å². The van der Waals surface area contributed by atoms with Crippen molar-refractivity contribution in [3.05, 3.63) is 36.0 Å². The summed E-state index contributed by atoms with van der Waals surface area (Å²) in [6.07, 6.45) is 0.325. The third-order valence-corrected chi connectivity index (χ3v) is 3.37. The first-order valence-corrected chi connectivity index (χ1v) is 6.95. The number of amides is 1. The molecule has 108 valence electrons. The van der Waals surface area contributed by atoms with Gasteiger partial charge in [-0.3, -0.25) is 4.79 Å². The molecule has 21 heavy (non-hydrogen) atoms. The summed E-state index contributed by atoms with van der Waals surface area (Å²) in [7, 11) is 1.82. The summed E-state index contributed by atoms with van der Waals surface area (Å²) in [6.45, 7) is 2.88. The molecule has 1 amide bonds. The van der Waals surface area contributed by atoms with Gasteiger partial charge >= 0.3 is 0 Å². The molecule has 0 spiro atoms. The number of para-hydroxylation sites is 1. The first kappa shape index (κ1) is 14.8. The van der Waals surface area contributed by atoms with Crippen LogP contribution < -0.4 is 5.32 Å². The number of pyridine rings is 1. The molecule has 0 saturated heterocycles. The summed E-state index contributed by atoms with van der Waals surface area (Å²) in [4.78, 5) is 18.6. The number of hydrogen-bond acceptors (Lipinski definition) is 4. The number of aromatic nitrogens is 1. The second kappa shape index (κ2) is 6.71. The predicted octanol–water partition coefficient (Wildman–Crippen LogP) is 2.65. The number of benzene rings is 1. The van der Waals surface area contributed by atoms with Crippen molar-refractivity contribution in [1.29, 1.82) is 5.26 Å².